The SMILES string of the molecule is c1ccc2c(c1)CSCC2NCC1CCCCS1. The summed E-state index contributed by atoms with van der Waals surface area (Å²) in [6, 6.07) is 9.51. The topological polar surface area (TPSA) is 12.0 Å². The van der Waals surface area contributed by atoms with Gasteiger partial charge < -0.3 is 5.32 Å². The maximum absolute atomic E-state index is 3.81. The lowest BCUT2D eigenvalue weighted by Gasteiger charge is -2.29. The average molecular weight is 279 g/mol. The lowest BCUT2D eigenvalue weighted by atomic mass is 10.0. The van der Waals surface area contributed by atoms with Gasteiger partial charge in [-0.2, -0.15) is 23.5 Å². The fraction of sp³-hybridized carbons (Fsp3) is 0.600. The lowest BCUT2D eigenvalue weighted by molar-refractivity contribution is 0.539. The Morgan fingerprint density at radius 1 is 1.22 bits per heavy atom. The molecule has 2 aliphatic heterocycles. The van der Waals surface area contributed by atoms with Crippen molar-refractivity contribution in [2.75, 3.05) is 18.1 Å². The van der Waals surface area contributed by atoms with E-state index in [4.69, 9.17) is 0 Å². The summed E-state index contributed by atoms with van der Waals surface area (Å²) in [5.41, 5.74) is 3.07. The minimum Gasteiger partial charge on any atom is -0.308 e. The summed E-state index contributed by atoms with van der Waals surface area (Å²) in [4.78, 5) is 0. The number of thioether (sulfide) groups is 2. The van der Waals surface area contributed by atoms with E-state index < -0.39 is 0 Å². The third kappa shape index (κ3) is 3.06. The van der Waals surface area contributed by atoms with Gasteiger partial charge in [-0.3, -0.25) is 0 Å². The molecule has 1 fully saturated rings. The Hall–Kier alpha value is -0.120. The minimum absolute atomic E-state index is 0.572. The van der Waals surface area contributed by atoms with Gasteiger partial charge in [-0.15, -0.1) is 0 Å². The molecule has 1 N–H and O–H groups in total. The van der Waals surface area contributed by atoms with Crippen molar-refractivity contribution in [1.29, 1.82) is 0 Å². The van der Waals surface area contributed by atoms with Crippen LogP contribution in [0.1, 0.15) is 36.4 Å². The molecule has 1 saturated heterocycles. The van der Waals surface area contributed by atoms with Gasteiger partial charge >= 0.3 is 0 Å². The molecule has 0 radical (unpaired) electrons. The van der Waals surface area contributed by atoms with Crippen LogP contribution in [0.25, 0.3) is 0 Å². The number of hydrogen-bond donors (Lipinski definition) is 1. The third-order valence-corrected chi connectivity index (χ3v) is 6.32. The Kier molecular flexibility index (Phi) is 4.55. The van der Waals surface area contributed by atoms with Crippen LogP contribution in [-0.4, -0.2) is 23.3 Å². The monoisotopic (exact) mass is 279 g/mol. The predicted molar refractivity (Wildman–Crippen MR) is 83.4 cm³/mol. The molecule has 0 amide bonds. The normalized spacial score (nSPS) is 27.8. The molecule has 1 nitrogen and oxygen atoms in total. The van der Waals surface area contributed by atoms with Crippen molar-refractivity contribution >= 4 is 23.5 Å². The van der Waals surface area contributed by atoms with E-state index in [1.807, 2.05) is 0 Å². The first-order valence-corrected chi connectivity index (χ1v) is 9.14. The number of benzene rings is 1. The van der Waals surface area contributed by atoms with Crippen molar-refractivity contribution in [3.8, 4) is 0 Å². The second-order valence-electron chi connectivity index (χ2n) is 5.16. The highest BCUT2D eigenvalue weighted by atomic mass is 32.2. The van der Waals surface area contributed by atoms with Gasteiger partial charge in [-0.1, -0.05) is 30.7 Å². The summed E-state index contributed by atoms with van der Waals surface area (Å²) < 4.78 is 0. The van der Waals surface area contributed by atoms with Crippen molar-refractivity contribution in [3.05, 3.63) is 35.4 Å². The molecule has 1 aromatic carbocycles. The molecule has 18 heavy (non-hydrogen) atoms. The van der Waals surface area contributed by atoms with Crippen LogP contribution in [0.2, 0.25) is 0 Å². The van der Waals surface area contributed by atoms with Gasteiger partial charge in [0.1, 0.15) is 0 Å². The van der Waals surface area contributed by atoms with Gasteiger partial charge in [0.25, 0.3) is 0 Å². The van der Waals surface area contributed by atoms with Gasteiger partial charge in [-0.25, -0.2) is 0 Å². The molecule has 3 heteroatoms. The van der Waals surface area contributed by atoms with E-state index in [-0.39, 0.29) is 0 Å². The smallest absolute Gasteiger partial charge is 0.0415 e. The van der Waals surface area contributed by atoms with Crippen molar-refractivity contribution in [2.45, 2.75) is 36.3 Å². The maximum Gasteiger partial charge on any atom is 0.0415 e. The molecule has 98 valence electrons. The Morgan fingerprint density at radius 3 is 3.06 bits per heavy atom. The highest BCUT2D eigenvalue weighted by molar-refractivity contribution is 8.00. The largest absolute Gasteiger partial charge is 0.308 e. The summed E-state index contributed by atoms with van der Waals surface area (Å²) in [5, 5.41) is 4.65. The van der Waals surface area contributed by atoms with E-state index in [9.17, 15) is 0 Å². The summed E-state index contributed by atoms with van der Waals surface area (Å²) in [7, 11) is 0. The molecule has 0 spiro atoms. The van der Waals surface area contributed by atoms with E-state index in [0.29, 0.717) is 6.04 Å². The van der Waals surface area contributed by atoms with Gasteiger partial charge in [0.15, 0.2) is 0 Å². The minimum atomic E-state index is 0.572. The molecular weight excluding hydrogens is 258 g/mol. The molecule has 0 saturated carbocycles. The van der Waals surface area contributed by atoms with Crippen molar-refractivity contribution in [2.24, 2.45) is 0 Å². The summed E-state index contributed by atoms with van der Waals surface area (Å²) in [6.45, 7) is 1.18. The predicted octanol–water partition coefficient (Wildman–Crippen LogP) is 3.85. The van der Waals surface area contributed by atoms with Crippen LogP contribution in [0.3, 0.4) is 0 Å². The highest BCUT2D eigenvalue weighted by Crippen LogP contribution is 2.32. The van der Waals surface area contributed by atoms with E-state index in [0.717, 1.165) is 5.25 Å². The van der Waals surface area contributed by atoms with Crippen LogP contribution < -0.4 is 5.32 Å². The van der Waals surface area contributed by atoms with Gasteiger partial charge in [-0.05, 0) is 29.7 Å². The number of rotatable bonds is 3. The van der Waals surface area contributed by atoms with Crippen LogP contribution in [0, 0.1) is 0 Å². The zero-order chi connectivity index (χ0) is 12.2. The Bertz CT molecular complexity index is 388. The number of nitrogens with one attached hydrogen (secondary N) is 1. The van der Waals surface area contributed by atoms with Gasteiger partial charge in [0.05, 0.1) is 0 Å². The Labute approximate surface area is 119 Å². The van der Waals surface area contributed by atoms with E-state index in [1.165, 1.54) is 54.2 Å². The molecular formula is C15H21NS2. The summed E-state index contributed by atoms with van der Waals surface area (Å²) in [6.07, 6.45) is 4.25. The summed E-state index contributed by atoms with van der Waals surface area (Å²) >= 11 is 4.23. The quantitative estimate of drug-likeness (QED) is 0.902. The second kappa shape index (κ2) is 6.36. The van der Waals surface area contributed by atoms with E-state index >= 15 is 0 Å². The fourth-order valence-electron chi connectivity index (χ4n) is 2.79. The lowest BCUT2D eigenvalue weighted by Crippen LogP contribution is -2.33. The van der Waals surface area contributed by atoms with Crippen LogP contribution in [0.5, 0.6) is 0 Å². The number of hydrogen-bond acceptors (Lipinski definition) is 3. The first kappa shape index (κ1) is 12.9. The van der Waals surface area contributed by atoms with Crippen molar-refractivity contribution < 1.29 is 0 Å². The van der Waals surface area contributed by atoms with E-state index in [2.05, 4.69) is 53.1 Å². The molecule has 2 heterocycles. The second-order valence-corrected chi connectivity index (χ2v) is 7.60. The molecule has 2 unspecified atom stereocenters. The van der Waals surface area contributed by atoms with E-state index in [1.54, 1.807) is 0 Å². The standard InChI is InChI=1S/C15H21NS2/c1-2-7-14-12(5-1)10-17-11-15(14)16-9-13-6-3-4-8-18-13/h1-2,5,7,13,15-16H,3-4,6,8-11H2. The molecule has 0 aliphatic carbocycles. The first-order valence-electron chi connectivity index (χ1n) is 6.94. The number of fused-ring (bicyclic) bond motifs is 1. The fourth-order valence-corrected chi connectivity index (χ4v) is 5.18. The molecule has 2 atom stereocenters. The van der Waals surface area contributed by atoms with Crippen LogP contribution in [-0.2, 0) is 5.75 Å². The Balaban J connectivity index is 1.60. The molecule has 3 rings (SSSR count). The first-order chi connectivity index (χ1) is 8.93. The molecule has 0 aromatic heterocycles. The maximum atomic E-state index is 3.81. The zero-order valence-electron chi connectivity index (χ0n) is 10.7. The van der Waals surface area contributed by atoms with Gasteiger partial charge in [0, 0.05) is 29.3 Å². The highest BCUT2D eigenvalue weighted by Gasteiger charge is 2.21. The molecule has 2 aliphatic rings. The van der Waals surface area contributed by atoms with Crippen LogP contribution in [0.4, 0.5) is 0 Å². The average Bonchev–Trinajstić information content (AvgIpc) is 2.46. The van der Waals surface area contributed by atoms with Crippen molar-refractivity contribution in [1.82, 2.24) is 5.32 Å². The molecule has 1 aromatic rings. The van der Waals surface area contributed by atoms with Gasteiger partial charge in [0.2, 0.25) is 0 Å². The molecule has 0 bridgehead atoms. The van der Waals surface area contributed by atoms with Crippen LogP contribution in [0.15, 0.2) is 24.3 Å². The Morgan fingerprint density at radius 2 is 2.17 bits per heavy atom. The summed E-state index contributed by atoms with van der Waals surface area (Å²) in [5.74, 6) is 3.78. The van der Waals surface area contributed by atoms with Crippen LogP contribution >= 0.6 is 23.5 Å². The zero-order valence-corrected chi connectivity index (χ0v) is 12.4. The third-order valence-electron chi connectivity index (χ3n) is 3.84. The van der Waals surface area contributed by atoms with Crippen molar-refractivity contribution in [3.63, 3.8) is 0 Å².